The van der Waals surface area contributed by atoms with Crippen molar-refractivity contribution in [3.05, 3.63) is 36.0 Å². The highest BCUT2D eigenvalue weighted by Gasteiger charge is 2.27. The van der Waals surface area contributed by atoms with Gasteiger partial charge in [-0.2, -0.15) is 0 Å². The second-order valence-corrected chi connectivity index (χ2v) is 8.76. The molecule has 0 aliphatic heterocycles. The number of aromatic nitrogens is 1. The fraction of sp³-hybridized carbons (Fsp3) is 0.476. The van der Waals surface area contributed by atoms with Gasteiger partial charge >= 0.3 is 18.2 Å². The number of para-hydroxylation sites is 1. The Labute approximate surface area is 169 Å². The van der Waals surface area contributed by atoms with Gasteiger partial charge in [0, 0.05) is 18.0 Å². The van der Waals surface area contributed by atoms with Gasteiger partial charge in [-0.3, -0.25) is 4.57 Å². The largest absolute Gasteiger partial charge is 0.480 e. The Kier molecular flexibility index (Phi) is 6.25. The molecule has 1 atom stereocenters. The lowest BCUT2D eigenvalue weighted by molar-refractivity contribution is -0.139. The van der Waals surface area contributed by atoms with Crippen LogP contribution >= 0.6 is 0 Å². The second kappa shape index (κ2) is 8.14. The lowest BCUT2D eigenvalue weighted by atomic mass is 10.1. The molecule has 8 nitrogen and oxygen atoms in total. The van der Waals surface area contributed by atoms with Crippen LogP contribution in [0.25, 0.3) is 10.9 Å². The number of nitrogens with one attached hydrogen (secondary N) is 1. The zero-order chi connectivity index (χ0) is 22.0. The number of nitrogens with zero attached hydrogens (tertiary/aromatic N) is 1. The van der Waals surface area contributed by atoms with Crippen LogP contribution < -0.4 is 5.32 Å². The topological polar surface area (TPSA) is 107 Å². The van der Waals surface area contributed by atoms with E-state index in [4.69, 9.17) is 9.47 Å². The first-order chi connectivity index (χ1) is 13.3. The van der Waals surface area contributed by atoms with Crippen molar-refractivity contribution in [1.29, 1.82) is 0 Å². The molecule has 1 aromatic heterocycles. The van der Waals surface area contributed by atoms with Crippen molar-refractivity contribution in [2.24, 2.45) is 0 Å². The van der Waals surface area contributed by atoms with Crippen LogP contribution in [0, 0.1) is 0 Å². The van der Waals surface area contributed by atoms with E-state index >= 15 is 0 Å². The van der Waals surface area contributed by atoms with Crippen molar-refractivity contribution in [2.75, 3.05) is 0 Å². The van der Waals surface area contributed by atoms with E-state index in [-0.39, 0.29) is 6.42 Å². The Morgan fingerprint density at radius 3 is 2.17 bits per heavy atom. The Morgan fingerprint density at radius 1 is 1.03 bits per heavy atom. The van der Waals surface area contributed by atoms with Gasteiger partial charge in [-0.25, -0.2) is 14.4 Å². The van der Waals surface area contributed by atoms with E-state index in [0.717, 1.165) is 0 Å². The molecule has 8 heteroatoms. The molecule has 2 rings (SSSR count). The molecule has 0 aliphatic carbocycles. The maximum absolute atomic E-state index is 12.6. The summed E-state index contributed by atoms with van der Waals surface area (Å²) in [7, 11) is 0. The van der Waals surface area contributed by atoms with Crippen LogP contribution in [0.4, 0.5) is 9.59 Å². The number of aliphatic carboxylic acids is 1. The van der Waals surface area contributed by atoms with Gasteiger partial charge in [0.2, 0.25) is 0 Å². The zero-order valence-corrected chi connectivity index (χ0v) is 17.6. The molecule has 1 aromatic carbocycles. The Morgan fingerprint density at radius 2 is 1.62 bits per heavy atom. The van der Waals surface area contributed by atoms with Gasteiger partial charge in [0.15, 0.2) is 0 Å². The monoisotopic (exact) mass is 404 g/mol. The van der Waals surface area contributed by atoms with Crippen molar-refractivity contribution in [1.82, 2.24) is 9.88 Å². The fourth-order valence-corrected chi connectivity index (χ4v) is 2.74. The molecule has 0 fully saturated rings. The Balaban J connectivity index is 2.33. The SMILES string of the molecule is CC(C)(C)OC(=O)N[C@@H](Cc1cn(C(=O)OC(C)(C)C)c2ccccc12)C(=O)O. The molecule has 0 saturated carbocycles. The number of carboxylic acids is 1. The minimum atomic E-state index is -1.22. The molecule has 2 N–H and O–H groups in total. The molecule has 0 radical (unpaired) electrons. The number of rotatable bonds is 4. The van der Waals surface area contributed by atoms with Crippen LogP contribution in [0.1, 0.15) is 47.1 Å². The van der Waals surface area contributed by atoms with E-state index in [9.17, 15) is 19.5 Å². The van der Waals surface area contributed by atoms with E-state index in [1.165, 1.54) is 4.57 Å². The number of fused-ring (bicyclic) bond motifs is 1. The number of carbonyl (C=O) groups is 3. The minimum absolute atomic E-state index is 0.0229. The average Bonchev–Trinajstić information content (AvgIpc) is 2.90. The molecule has 0 aliphatic rings. The van der Waals surface area contributed by atoms with E-state index in [1.54, 1.807) is 72.0 Å². The summed E-state index contributed by atoms with van der Waals surface area (Å²) in [5.74, 6) is -1.20. The van der Waals surface area contributed by atoms with Crippen molar-refractivity contribution in [2.45, 2.75) is 65.2 Å². The van der Waals surface area contributed by atoms with Gasteiger partial charge in [0.25, 0.3) is 0 Å². The van der Waals surface area contributed by atoms with Gasteiger partial charge < -0.3 is 19.9 Å². The molecule has 29 heavy (non-hydrogen) atoms. The maximum Gasteiger partial charge on any atom is 0.419 e. The number of hydrogen-bond acceptors (Lipinski definition) is 5. The number of amides is 1. The molecule has 2 aromatic rings. The van der Waals surface area contributed by atoms with Crippen LogP contribution in [-0.2, 0) is 20.7 Å². The molecular weight excluding hydrogens is 376 g/mol. The lowest BCUT2D eigenvalue weighted by Gasteiger charge is -2.22. The van der Waals surface area contributed by atoms with Crippen molar-refractivity contribution >= 4 is 29.1 Å². The van der Waals surface area contributed by atoms with E-state index in [0.29, 0.717) is 16.5 Å². The third kappa shape index (κ3) is 6.23. The third-order valence-corrected chi connectivity index (χ3v) is 3.80. The molecule has 0 saturated heterocycles. The fourth-order valence-electron chi connectivity index (χ4n) is 2.74. The van der Waals surface area contributed by atoms with Gasteiger partial charge in [-0.1, -0.05) is 18.2 Å². The summed E-state index contributed by atoms with van der Waals surface area (Å²) in [6, 6.07) is 5.89. The van der Waals surface area contributed by atoms with Crippen LogP contribution in [0.2, 0.25) is 0 Å². The first kappa shape index (κ1) is 22.3. The summed E-state index contributed by atoms with van der Waals surface area (Å²) in [5.41, 5.74) is -0.238. The van der Waals surface area contributed by atoms with Gasteiger partial charge in [-0.15, -0.1) is 0 Å². The molecule has 0 unspecified atom stereocenters. The zero-order valence-electron chi connectivity index (χ0n) is 17.6. The van der Waals surface area contributed by atoms with Gasteiger partial charge in [0.1, 0.15) is 17.2 Å². The number of carbonyl (C=O) groups excluding carboxylic acids is 2. The van der Waals surface area contributed by atoms with Gasteiger partial charge in [-0.05, 0) is 53.2 Å². The second-order valence-electron chi connectivity index (χ2n) is 8.76. The van der Waals surface area contributed by atoms with Crippen LogP contribution in [0.3, 0.4) is 0 Å². The normalized spacial score (nSPS) is 13.0. The number of hydrogen-bond donors (Lipinski definition) is 2. The van der Waals surface area contributed by atoms with Crippen LogP contribution in [0.15, 0.2) is 30.5 Å². The molecule has 0 bridgehead atoms. The number of ether oxygens (including phenoxy) is 2. The molecule has 1 amide bonds. The standard InChI is InChI=1S/C21H28N2O6/c1-20(2,3)28-18(26)22-15(17(24)25)11-13-12-23(19(27)29-21(4,5)6)16-10-8-7-9-14(13)16/h7-10,12,15H,11H2,1-6H3,(H,22,26)(H,24,25)/t15-/m0/s1. The predicted molar refractivity (Wildman–Crippen MR) is 108 cm³/mol. The lowest BCUT2D eigenvalue weighted by Crippen LogP contribution is -2.44. The summed E-state index contributed by atoms with van der Waals surface area (Å²) in [6.07, 6.45) is 0.142. The highest BCUT2D eigenvalue weighted by molar-refractivity contribution is 5.92. The summed E-state index contributed by atoms with van der Waals surface area (Å²) in [4.78, 5) is 36.3. The van der Waals surface area contributed by atoms with Crippen LogP contribution in [0.5, 0.6) is 0 Å². The highest BCUT2D eigenvalue weighted by atomic mass is 16.6. The van der Waals surface area contributed by atoms with E-state index in [2.05, 4.69) is 5.32 Å². The molecule has 0 spiro atoms. The molecule has 158 valence electrons. The summed E-state index contributed by atoms with van der Waals surface area (Å²) >= 11 is 0. The third-order valence-electron chi connectivity index (χ3n) is 3.80. The number of carboxylic acid groups (broad SMARTS) is 1. The summed E-state index contributed by atoms with van der Waals surface area (Å²) in [5, 5.41) is 12.6. The van der Waals surface area contributed by atoms with E-state index in [1.807, 2.05) is 0 Å². The Bertz CT molecular complexity index is 917. The summed E-state index contributed by atoms with van der Waals surface area (Å²) < 4.78 is 11.9. The van der Waals surface area contributed by atoms with Crippen LogP contribution in [-0.4, -0.2) is 45.1 Å². The smallest absolute Gasteiger partial charge is 0.419 e. The first-order valence-corrected chi connectivity index (χ1v) is 9.31. The average molecular weight is 404 g/mol. The number of alkyl carbamates (subject to hydrolysis) is 1. The van der Waals surface area contributed by atoms with Crippen molar-refractivity contribution < 1.29 is 29.0 Å². The number of benzene rings is 1. The Hall–Kier alpha value is -3.03. The molecule has 1 heterocycles. The van der Waals surface area contributed by atoms with E-state index < -0.39 is 35.4 Å². The summed E-state index contributed by atoms with van der Waals surface area (Å²) in [6.45, 7) is 10.4. The van der Waals surface area contributed by atoms with Gasteiger partial charge in [0.05, 0.1) is 5.52 Å². The maximum atomic E-state index is 12.6. The molecular formula is C21H28N2O6. The quantitative estimate of drug-likeness (QED) is 0.799. The highest BCUT2D eigenvalue weighted by Crippen LogP contribution is 2.24. The predicted octanol–water partition coefficient (Wildman–Crippen LogP) is 3.94. The minimum Gasteiger partial charge on any atom is -0.480 e. The van der Waals surface area contributed by atoms with Crippen molar-refractivity contribution in [3.63, 3.8) is 0 Å². The first-order valence-electron chi connectivity index (χ1n) is 9.31. The van der Waals surface area contributed by atoms with Crippen molar-refractivity contribution in [3.8, 4) is 0 Å².